The monoisotopic (exact) mass is 235 g/mol. The fraction of sp³-hybridized carbons (Fsp3) is 0.462. The summed E-state index contributed by atoms with van der Waals surface area (Å²) in [6, 6.07) is 8.15. The Kier molecular flexibility index (Phi) is 2.21. The smallest absolute Gasteiger partial charge is 0.228 e. The Labute approximate surface area is 100.0 Å². The zero-order valence-corrected chi connectivity index (χ0v) is 9.76. The van der Waals surface area contributed by atoms with Gasteiger partial charge in [0.1, 0.15) is 0 Å². The van der Waals surface area contributed by atoms with Crippen LogP contribution in [0.3, 0.4) is 0 Å². The SMILES string of the molecule is O=C(NC1(CCl)CC1)C1Cc2ccccc21. The van der Waals surface area contributed by atoms with Crippen molar-refractivity contribution in [3.8, 4) is 0 Å². The maximum Gasteiger partial charge on any atom is 0.228 e. The molecule has 0 radical (unpaired) electrons. The molecule has 0 heterocycles. The molecule has 3 heteroatoms. The number of halogens is 1. The van der Waals surface area contributed by atoms with Crippen LogP contribution in [0.2, 0.25) is 0 Å². The lowest BCUT2D eigenvalue weighted by molar-refractivity contribution is -0.123. The first kappa shape index (κ1) is 10.2. The van der Waals surface area contributed by atoms with E-state index in [9.17, 15) is 4.79 Å². The van der Waals surface area contributed by atoms with Crippen LogP contribution in [0.25, 0.3) is 0 Å². The first-order valence-corrected chi connectivity index (χ1v) is 6.23. The largest absolute Gasteiger partial charge is 0.349 e. The molecule has 1 aromatic rings. The van der Waals surface area contributed by atoms with Crippen LogP contribution in [0.15, 0.2) is 24.3 Å². The van der Waals surface area contributed by atoms with Gasteiger partial charge in [-0.2, -0.15) is 0 Å². The van der Waals surface area contributed by atoms with Crippen LogP contribution in [0.4, 0.5) is 0 Å². The molecule has 0 spiro atoms. The summed E-state index contributed by atoms with van der Waals surface area (Å²) in [7, 11) is 0. The molecular weight excluding hydrogens is 222 g/mol. The predicted molar refractivity (Wildman–Crippen MR) is 63.7 cm³/mol. The molecule has 1 aromatic carbocycles. The third-order valence-electron chi connectivity index (χ3n) is 3.67. The number of carbonyl (C=O) groups is 1. The van der Waals surface area contributed by atoms with Crippen LogP contribution in [0.5, 0.6) is 0 Å². The highest BCUT2D eigenvalue weighted by molar-refractivity contribution is 6.19. The molecule has 2 aliphatic carbocycles. The molecule has 84 valence electrons. The highest BCUT2D eigenvalue weighted by Gasteiger charge is 2.45. The third kappa shape index (κ3) is 1.52. The summed E-state index contributed by atoms with van der Waals surface area (Å²) in [4.78, 5) is 12.0. The Bertz CT molecular complexity index is 439. The lowest BCUT2D eigenvalue weighted by Crippen LogP contribution is -2.43. The minimum atomic E-state index is -0.0802. The second-order valence-electron chi connectivity index (χ2n) is 4.86. The highest BCUT2D eigenvalue weighted by Crippen LogP contribution is 2.40. The first-order valence-electron chi connectivity index (χ1n) is 5.70. The van der Waals surface area contributed by atoms with Crippen LogP contribution in [0, 0.1) is 0 Å². The minimum Gasteiger partial charge on any atom is -0.349 e. The van der Waals surface area contributed by atoms with E-state index in [-0.39, 0.29) is 17.4 Å². The summed E-state index contributed by atoms with van der Waals surface area (Å²) in [6.45, 7) is 0. The van der Waals surface area contributed by atoms with E-state index >= 15 is 0 Å². The van der Waals surface area contributed by atoms with Crippen molar-refractivity contribution in [2.24, 2.45) is 0 Å². The van der Waals surface area contributed by atoms with Gasteiger partial charge in [-0.1, -0.05) is 24.3 Å². The maximum absolute atomic E-state index is 12.0. The summed E-state index contributed by atoms with van der Waals surface area (Å²) >= 11 is 5.85. The van der Waals surface area contributed by atoms with E-state index in [1.54, 1.807) is 0 Å². The molecular formula is C13H14ClNO. The van der Waals surface area contributed by atoms with E-state index in [0.717, 1.165) is 19.3 Å². The van der Waals surface area contributed by atoms with E-state index < -0.39 is 0 Å². The number of nitrogens with one attached hydrogen (secondary N) is 1. The molecule has 1 fully saturated rings. The topological polar surface area (TPSA) is 29.1 Å². The number of amides is 1. The van der Waals surface area contributed by atoms with Gasteiger partial charge in [-0.25, -0.2) is 0 Å². The fourth-order valence-electron chi connectivity index (χ4n) is 2.28. The van der Waals surface area contributed by atoms with Crippen molar-refractivity contribution in [2.45, 2.75) is 30.7 Å². The molecule has 0 aliphatic heterocycles. The first-order chi connectivity index (χ1) is 7.74. The number of benzene rings is 1. The zero-order valence-electron chi connectivity index (χ0n) is 9.00. The van der Waals surface area contributed by atoms with Gasteiger partial charge in [0.05, 0.1) is 11.5 Å². The second-order valence-corrected chi connectivity index (χ2v) is 5.13. The van der Waals surface area contributed by atoms with Gasteiger partial charge in [0, 0.05) is 5.88 Å². The molecule has 2 aliphatic rings. The van der Waals surface area contributed by atoms with Crippen molar-refractivity contribution < 1.29 is 4.79 Å². The Morgan fingerprint density at radius 1 is 1.44 bits per heavy atom. The van der Waals surface area contributed by atoms with Crippen molar-refractivity contribution in [3.63, 3.8) is 0 Å². The van der Waals surface area contributed by atoms with E-state index in [1.807, 2.05) is 18.2 Å². The lowest BCUT2D eigenvalue weighted by atomic mass is 9.77. The number of fused-ring (bicyclic) bond motifs is 1. The van der Waals surface area contributed by atoms with Crippen LogP contribution >= 0.6 is 11.6 Å². The lowest BCUT2D eigenvalue weighted by Gasteiger charge is -2.30. The number of hydrogen-bond donors (Lipinski definition) is 1. The predicted octanol–water partition coefficient (Wildman–Crippen LogP) is 2.21. The second kappa shape index (κ2) is 3.49. The summed E-state index contributed by atoms with van der Waals surface area (Å²) in [5.74, 6) is 0.737. The summed E-state index contributed by atoms with van der Waals surface area (Å²) < 4.78 is 0. The number of carbonyl (C=O) groups excluding carboxylic acids is 1. The number of alkyl halides is 1. The minimum absolute atomic E-state index is 0.0527. The zero-order chi connectivity index (χ0) is 11.2. The molecule has 1 amide bonds. The Morgan fingerprint density at radius 3 is 2.81 bits per heavy atom. The Morgan fingerprint density at radius 2 is 2.19 bits per heavy atom. The van der Waals surface area contributed by atoms with Gasteiger partial charge in [0.2, 0.25) is 5.91 Å². The molecule has 2 nitrogen and oxygen atoms in total. The van der Waals surface area contributed by atoms with E-state index in [1.165, 1.54) is 11.1 Å². The number of hydrogen-bond acceptors (Lipinski definition) is 1. The normalized spacial score (nSPS) is 24.2. The molecule has 1 unspecified atom stereocenters. The molecule has 3 rings (SSSR count). The van der Waals surface area contributed by atoms with Gasteiger partial charge in [0.25, 0.3) is 0 Å². The van der Waals surface area contributed by atoms with E-state index in [2.05, 4.69) is 11.4 Å². The molecule has 16 heavy (non-hydrogen) atoms. The Hall–Kier alpha value is -1.02. The number of rotatable bonds is 3. The average Bonchev–Trinajstić information content (AvgIpc) is 3.00. The maximum atomic E-state index is 12.0. The standard InChI is InChI=1S/C13H14ClNO/c14-8-13(5-6-13)15-12(16)11-7-9-3-1-2-4-10(9)11/h1-4,11H,5-8H2,(H,15,16). The average molecular weight is 236 g/mol. The van der Waals surface area contributed by atoms with Crippen LogP contribution in [-0.2, 0) is 11.2 Å². The molecule has 0 saturated heterocycles. The van der Waals surface area contributed by atoms with Crippen LogP contribution < -0.4 is 5.32 Å². The molecule has 0 aromatic heterocycles. The molecule has 1 saturated carbocycles. The van der Waals surface area contributed by atoms with Crippen molar-refractivity contribution in [1.29, 1.82) is 0 Å². The molecule has 0 bridgehead atoms. The summed E-state index contributed by atoms with van der Waals surface area (Å²) in [6.07, 6.45) is 2.92. The summed E-state index contributed by atoms with van der Waals surface area (Å²) in [5, 5.41) is 3.09. The van der Waals surface area contributed by atoms with E-state index in [4.69, 9.17) is 11.6 Å². The van der Waals surface area contributed by atoms with Crippen molar-refractivity contribution in [1.82, 2.24) is 5.32 Å². The fourth-order valence-corrected chi connectivity index (χ4v) is 2.62. The molecule has 1 N–H and O–H groups in total. The van der Waals surface area contributed by atoms with Crippen molar-refractivity contribution in [3.05, 3.63) is 35.4 Å². The quantitative estimate of drug-likeness (QED) is 0.800. The van der Waals surface area contributed by atoms with Crippen LogP contribution in [0.1, 0.15) is 29.9 Å². The third-order valence-corrected chi connectivity index (χ3v) is 4.18. The summed E-state index contributed by atoms with van der Waals surface area (Å²) in [5.41, 5.74) is 2.41. The van der Waals surface area contributed by atoms with Gasteiger partial charge in [-0.3, -0.25) is 4.79 Å². The highest BCUT2D eigenvalue weighted by atomic mass is 35.5. The van der Waals surface area contributed by atoms with Gasteiger partial charge >= 0.3 is 0 Å². The van der Waals surface area contributed by atoms with Crippen molar-refractivity contribution >= 4 is 17.5 Å². The van der Waals surface area contributed by atoms with Gasteiger partial charge < -0.3 is 5.32 Å². The van der Waals surface area contributed by atoms with Crippen LogP contribution in [-0.4, -0.2) is 17.3 Å². The Balaban J connectivity index is 1.70. The molecule has 1 atom stereocenters. The van der Waals surface area contributed by atoms with Gasteiger partial charge in [0.15, 0.2) is 0 Å². The van der Waals surface area contributed by atoms with Gasteiger partial charge in [-0.05, 0) is 30.4 Å². The van der Waals surface area contributed by atoms with Crippen molar-refractivity contribution in [2.75, 3.05) is 5.88 Å². The van der Waals surface area contributed by atoms with Gasteiger partial charge in [-0.15, -0.1) is 11.6 Å². The van der Waals surface area contributed by atoms with E-state index in [0.29, 0.717) is 5.88 Å².